The van der Waals surface area contributed by atoms with Gasteiger partial charge in [-0.3, -0.25) is 4.79 Å². The molecule has 1 rings (SSSR count). The summed E-state index contributed by atoms with van der Waals surface area (Å²) in [5.41, 5.74) is 6.91. The van der Waals surface area contributed by atoms with Crippen molar-refractivity contribution in [2.75, 3.05) is 0 Å². The molecule has 1 unspecified atom stereocenters. The van der Waals surface area contributed by atoms with E-state index in [1.165, 1.54) is 0 Å². The van der Waals surface area contributed by atoms with Crippen molar-refractivity contribution in [1.29, 1.82) is 0 Å². The monoisotopic (exact) mass is 282 g/mol. The number of hydrogen-bond donors (Lipinski definition) is 2. The lowest BCUT2D eigenvalue weighted by atomic mass is 10.0. The van der Waals surface area contributed by atoms with Gasteiger partial charge in [-0.2, -0.15) is 0 Å². The van der Waals surface area contributed by atoms with Crippen LogP contribution in [0.1, 0.15) is 45.2 Å². The smallest absolute Gasteiger partial charge is 0.237 e. The third kappa shape index (κ3) is 5.21. The third-order valence-corrected chi connectivity index (χ3v) is 3.27. The van der Waals surface area contributed by atoms with Crippen LogP contribution < -0.4 is 11.1 Å². The van der Waals surface area contributed by atoms with E-state index in [0.717, 1.165) is 12.0 Å². The first-order chi connectivity index (χ1) is 8.93. The van der Waals surface area contributed by atoms with Crippen LogP contribution in [0.5, 0.6) is 0 Å². The molecule has 106 valence electrons. The molecule has 0 radical (unpaired) electrons. The zero-order chi connectivity index (χ0) is 14.4. The molecular formula is C15H23ClN2O. The molecular weight excluding hydrogens is 260 g/mol. The topological polar surface area (TPSA) is 55.1 Å². The molecule has 19 heavy (non-hydrogen) atoms. The molecule has 1 aromatic rings. The Hall–Kier alpha value is -1.06. The van der Waals surface area contributed by atoms with Crippen molar-refractivity contribution in [3.05, 3.63) is 34.9 Å². The van der Waals surface area contributed by atoms with Crippen LogP contribution >= 0.6 is 11.6 Å². The molecule has 0 bridgehead atoms. The van der Waals surface area contributed by atoms with Crippen LogP contribution in [0.15, 0.2) is 24.3 Å². The molecule has 1 amide bonds. The van der Waals surface area contributed by atoms with Crippen LogP contribution in [0.25, 0.3) is 0 Å². The first-order valence-electron chi connectivity index (χ1n) is 6.75. The Morgan fingerprint density at radius 1 is 1.42 bits per heavy atom. The molecule has 2 atom stereocenters. The molecule has 0 heterocycles. The van der Waals surface area contributed by atoms with Gasteiger partial charge in [-0.1, -0.05) is 44.5 Å². The van der Waals surface area contributed by atoms with Gasteiger partial charge in [0, 0.05) is 5.02 Å². The molecule has 0 aliphatic rings. The zero-order valence-corrected chi connectivity index (χ0v) is 12.6. The maximum atomic E-state index is 12.0. The number of rotatable bonds is 6. The number of benzene rings is 1. The highest BCUT2D eigenvalue weighted by molar-refractivity contribution is 6.30. The van der Waals surface area contributed by atoms with Crippen LogP contribution in [-0.2, 0) is 4.79 Å². The van der Waals surface area contributed by atoms with Crippen LogP contribution in [0.2, 0.25) is 5.02 Å². The van der Waals surface area contributed by atoms with Gasteiger partial charge in [0.15, 0.2) is 0 Å². The number of nitrogens with two attached hydrogens (primary N) is 1. The largest absolute Gasteiger partial charge is 0.348 e. The molecule has 3 nitrogen and oxygen atoms in total. The lowest BCUT2D eigenvalue weighted by Gasteiger charge is -2.21. The molecule has 0 aliphatic carbocycles. The summed E-state index contributed by atoms with van der Waals surface area (Å²) in [5, 5.41) is 3.67. The minimum absolute atomic E-state index is 0.0376. The maximum Gasteiger partial charge on any atom is 0.237 e. The first-order valence-corrected chi connectivity index (χ1v) is 7.13. The van der Waals surface area contributed by atoms with Gasteiger partial charge in [0.2, 0.25) is 5.91 Å². The number of nitrogens with one attached hydrogen (secondary N) is 1. The van der Waals surface area contributed by atoms with Crippen molar-refractivity contribution < 1.29 is 4.79 Å². The Kier molecular flexibility index (Phi) is 6.32. The number of carbonyl (C=O) groups is 1. The summed E-state index contributed by atoms with van der Waals surface area (Å²) < 4.78 is 0. The Morgan fingerprint density at radius 2 is 2.11 bits per heavy atom. The van der Waals surface area contributed by atoms with E-state index in [-0.39, 0.29) is 11.9 Å². The van der Waals surface area contributed by atoms with Gasteiger partial charge in [-0.25, -0.2) is 0 Å². The van der Waals surface area contributed by atoms with E-state index < -0.39 is 6.04 Å². The molecule has 0 aliphatic heterocycles. The summed E-state index contributed by atoms with van der Waals surface area (Å²) in [7, 11) is 0. The Labute approximate surface area is 120 Å². The zero-order valence-electron chi connectivity index (χ0n) is 11.8. The number of halogens is 1. The van der Waals surface area contributed by atoms with E-state index in [0.29, 0.717) is 17.4 Å². The molecule has 3 N–H and O–H groups in total. The SMILES string of the molecule is CCC(NC(=O)[C@@H](N)CC(C)C)c1cccc(Cl)c1. The fourth-order valence-electron chi connectivity index (χ4n) is 2.04. The van der Waals surface area contributed by atoms with Gasteiger partial charge in [0.05, 0.1) is 12.1 Å². The Morgan fingerprint density at radius 3 is 2.63 bits per heavy atom. The summed E-state index contributed by atoms with van der Waals surface area (Å²) in [6.45, 7) is 6.14. The molecule has 0 saturated heterocycles. The Bertz CT molecular complexity index is 420. The fourth-order valence-corrected chi connectivity index (χ4v) is 2.24. The average molecular weight is 283 g/mol. The minimum Gasteiger partial charge on any atom is -0.348 e. The number of hydrogen-bond acceptors (Lipinski definition) is 2. The highest BCUT2D eigenvalue weighted by Gasteiger charge is 2.19. The second kappa shape index (κ2) is 7.51. The van der Waals surface area contributed by atoms with E-state index in [1.54, 1.807) is 0 Å². The first kappa shape index (κ1) is 16.0. The second-order valence-corrected chi connectivity index (χ2v) is 5.70. The number of amides is 1. The molecule has 4 heteroatoms. The van der Waals surface area contributed by atoms with E-state index in [9.17, 15) is 4.79 Å². The van der Waals surface area contributed by atoms with Crippen molar-refractivity contribution in [1.82, 2.24) is 5.32 Å². The lowest BCUT2D eigenvalue weighted by molar-refractivity contribution is -0.123. The van der Waals surface area contributed by atoms with Crippen molar-refractivity contribution in [3.63, 3.8) is 0 Å². The lowest BCUT2D eigenvalue weighted by Crippen LogP contribution is -2.42. The second-order valence-electron chi connectivity index (χ2n) is 5.26. The van der Waals surface area contributed by atoms with E-state index in [2.05, 4.69) is 19.2 Å². The van der Waals surface area contributed by atoms with Gasteiger partial charge in [-0.05, 0) is 36.5 Å². The van der Waals surface area contributed by atoms with Crippen LogP contribution in [-0.4, -0.2) is 11.9 Å². The summed E-state index contributed by atoms with van der Waals surface area (Å²) in [6, 6.07) is 7.07. The normalized spacial score (nSPS) is 14.2. The Balaban J connectivity index is 2.69. The highest BCUT2D eigenvalue weighted by atomic mass is 35.5. The van der Waals surface area contributed by atoms with Crippen molar-refractivity contribution in [3.8, 4) is 0 Å². The summed E-state index contributed by atoms with van der Waals surface area (Å²) in [4.78, 5) is 12.0. The molecule has 0 aromatic heterocycles. The fraction of sp³-hybridized carbons (Fsp3) is 0.533. The van der Waals surface area contributed by atoms with Gasteiger partial charge in [-0.15, -0.1) is 0 Å². The predicted molar refractivity (Wildman–Crippen MR) is 80.1 cm³/mol. The molecule has 0 spiro atoms. The summed E-state index contributed by atoms with van der Waals surface area (Å²) >= 11 is 5.98. The van der Waals surface area contributed by atoms with E-state index in [1.807, 2.05) is 31.2 Å². The quantitative estimate of drug-likeness (QED) is 0.841. The van der Waals surface area contributed by atoms with Crippen LogP contribution in [0.4, 0.5) is 0 Å². The highest BCUT2D eigenvalue weighted by Crippen LogP contribution is 2.20. The van der Waals surface area contributed by atoms with E-state index >= 15 is 0 Å². The predicted octanol–water partition coefficient (Wildman–Crippen LogP) is 3.28. The average Bonchev–Trinajstić information content (AvgIpc) is 2.34. The van der Waals surface area contributed by atoms with Gasteiger partial charge < -0.3 is 11.1 Å². The van der Waals surface area contributed by atoms with Crippen LogP contribution in [0.3, 0.4) is 0 Å². The van der Waals surface area contributed by atoms with Crippen LogP contribution in [0, 0.1) is 5.92 Å². The minimum atomic E-state index is -0.451. The van der Waals surface area contributed by atoms with Crippen molar-refractivity contribution in [2.24, 2.45) is 11.7 Å². The van der Waals surface area contributed by atoms with Gasteiger partial charge >= 0.3 is 0 Å². The maximum absolute atomic E-state index is 12.0. The standard InChI is InChI=1S/C15H23ClN2O/c1-4-14(11-6-5-7-12(16)9-11)18-15(19)13(17)8-10(2)3/h5-7,9-10,13-14H,4,8,17H2,1-3H3,(H,18,19)/t13-,14?/m0/s1. The van der Waals surface area contributed by atoms with Gasteiger partial charge in [0.25, 0.3) is 0 Å². The number of carbonyl (C=O) groups excluding carboxylic acids is 1. The van der Waals surface area contributed by atoms with Crippen molar-refractivity contribution in [2.45, 2.75) is 45.7 Å². The summed E-state index contributed by atoms with van der Waals surface area (Å²) in [5.74, 6) is 0.313. The van der Waals surface area contributed by atoms with E-state index in [4.69, 9.17) is 17.3 Å². The summed E-state index contributed by atoms with van der Waals surface area (Å²) in [6.07, 6.45) is 1.50. The molecule has 0 saturated carbocycles. The molecule has 0 fully saturated rings. The van der Waals surface area contributed by atoms with Gasteiger partial charge in [0.1, 0.15) is 0 Å². The third-order valence-electron chi connectivity index (χ3n) is 3.04. The van der Waals surface area contributed by atoms with Crippen molar-refractivity contribution >= 4 is 17.5 Å². The molecule has 1 aromatic carbocycles.